The zero-order chi connectivity index (χ0) is 21.8. The van der Waals surface area contributed by atoms with Crippen molar-refractivity contribution in [2.75, 3.05) is 36.9 Å². The van der Waals surface area contributed by atoms with Crippen LogP contribution in [0.4, 0.5) is 11.5 Å². The number of thiophene rings is 1. The molecule has 0 saturated carbocycles. The number of thioether (sulfide) groups is 1. The molecule has 0 bridgehead atoms. The van der Waals surface area contributed by atoms with E-state index in [-0.39, 0.29) is 10.5 Å². The summed E-state index contributed by atoms with van der Waals surface area (Å²) in [6, 6.07) is 6.99. The number of hydrogen-bond acceptors (Lipinski definition) is 6. The molecule has 1 saturated heterocycles. The summed E-state index contributed by atoms with van der Waals surface area (Å²) >= 11 is 9.43. The summed E-state index contributed by atoms with van der Waals surface area (Å²) in [5.41, 5.74) is 10.4. The van der Waals surface area contributed by atoms with Crippen LogP contribution in [0.15, 0.2) is 24.3 Å². The van der Waals surface area contributed by atoms with E-state index in [0.717, 1.165) is 54.5 Å². The second-order valence-corrected chi connectivity index (χ2v) is 11.8. The quantitative estimate of drug-likeness (QED) is 0.562. The first kappa shape index (κ1) is 21.1. The van der Waals surface area contributed by atoms with E-state index in [1.165, 1.54) is 22.5 Å². The van der Waals surface area contributed by atoms with E-state index in [1.54, 1.807) is 24.3 Å². The minimum Gasteiger partial charge on any atom is -0.397 e. The van der Waals surface area contributed by atoms with Crippen molar-refractivity contribution in [2.45, 2.75) is 30.8 Å². The van der Waals surface area contributed by atoms with Gasteiger partial charge in [-0.15, -0.1) is 0 Å². The molecular weight excluding hydrogens is 450 g/mol. The zero-order valence-corrected chi connectivity index (χ0v) is 20.0. The number of benzene rings is 1. The van der Waals surface area contributed by atoms with Gasteiger partial charge in [-0.05, 0) is 36.2 Å². The van der Waals surface area contributed by atoms with Crippen LogP contribution >= 0.6 is 34.7 Å². The molecule has 1 fully saturated rings. The molecule has 1 aromatic carbocycles. The highest BCUT2D eigenvalue weighted by molar-refractivity contribution is 7.99. The van der Waals surface area contributed by atoms with Crippen molar-refractivity contribution in [1.82, 2.24) is 0 Å². The first-order valence-corrected chi connectivity index (χ1v) is 12.6. The van der Waals surface area contributed by atoms with E-state index in [4.69, 9.17) is 22.1 Å². The lowest BCUT2D eigenvalue weighted by molar-refractivity contribution is -0.328. The number of pyridine rings is 1. The molecule has 2 aromatic heterocycles. The van der Waals surface area contributed by atoms with Gasteiger partial charge in [0.25, 0.3) is 5.82 Å². The number of aromatic nitrogens is 1. The van der Waals surface area contributed by atoms with Crippen molar-refractivity contribution < 1.29 is 14.5 Å². The number of nitrogens with two attached hydrogens (primary N) is 1. The average molecular weight is 475 g/mol. The number of carbonyl (C=O) groups is 1. The molecule has 4 heterocycles. The second-order valence-electron chi connectivity index (χ2n) is 8.64. The number of nitrogens with zero attached hydrogens (tertiary/aromatic N) is 1. The number of nitrogens with one attached hydrogen (secondary N) is 1. The number of ketones is 1. The van der Waals surface area contributed by atoms with E-state index < -0.39 is 0 Å². The molecule has 5 rings (SSSR count). The third kappa shape index (κ3) is 3.82. The summed E-state index contributed by atoms with van der Waals surface area (Å²) < 4.78 is 5.69. The fourth-order valence-electron chi connectivity index (χ4n) is 4.36. The van der Waals surface area contributed by atoms with Gasteiger partial charge in [0.15, 0.2) is 4.83 Å². The minimum atomic E-state index is -0.0603. The summed E-state index contributed by atoms with van der Waals surface area (Å²) in [6.07, 6.45) is 0.922. The Balaban J connectivity index is 1.68. The van der Waals surface area contributed by atoms with Crippen LogP contribution in [-0.2, 0) is 16.9 Å². The van der Waals surface area contributed by atoms with E-state index >= 15 is 0 Å². The first-order valence-electron chi connectivity index (χ1n) is 10.4. The van der Waals surface area contributed by atoms with Crippen molar-refractivity contribution in [2.24, 2.45) is 0 Å². The number of ether oxygens (including phenoxy) is 1. The zero-order valence-electron chi connectivity index (χ0n) is 17.6. The highest BCUT2D eigenvalue weighted by atomic mass is 35.5. The van der Waals surface area contributed by atoms with Crippen LogP contribution in [0, 0.1) is 0 Å². The number of H-pyrrole nitrogens is 1. The lowest BCUT2D eigenvalue weighted by Gasteiger charge is -2.32. The number of hydrogen-bond donors (Lipinski definition) is 1. The molecule has 3 N–H and O–H groups in total. The molecule has 3 aromatic rings. The van der Waals surface area contributed by atoms with Crippen molar-refractivity contribution in [3.63, 3.8) is 0 Å². The summed E-state index contributed by atoms with van der Waals surface area (Å²) in [4.78, 5) is 20.9. The monoisotopic (exact) mass is 474 g/mol. The lowest BCUT2D eigenvalue weighted by Crippen LogP contribution is -2.41. The van der Waals surface area contributed by atoms with Crippen molar-refractivity contribution >= 4 is 62.2 Å². The molecule has 0 radical (unpaired) electrons. The Bertz CT molecular complexity index is 1170. The number of carbonyl (C=O) groups excluding carboxylic acids is 1. The predicted molar refractivity (Wildman–Crippen MR) is 130 cm³/mol. The highest BCUT2D eigenvalue weighted by Gasteiger charge is 2.36. The Labute approximate surface area is 194 Å². The molecule has 5 nitrogen and oxygen atoms in total. The molecule has 8 heteroatoms. The third-order valence-electron chi connectivity index (χ3n) is 5.98. The summed E-state index contributed by atoms with van der Waals surface area (Å²) in [6.45, 7) is 7.73. The molecule has 31 heavy (non-hydrogen) atoms. The van der Waals surface area contributed by atoms with Crippen molar-refractivity contribution in [1.29, 1.82) is 0 Å². The normalized spacial score (nSPS) is 18.2. The number of nitrogen functional groups attached to an aromatic ring is 1. The fraction of sp³-hybridized carbons (Fsp3) is 0.391. The van der Waals surface area contributed by atoms with Crippen LogP contribution < -0.4 is 15.6 Å². The van der Waals surface area contributed by atoms with Gasteiger partial charge >= 0.3 is 0 Å². The molecule has 2 aliphatic heterocycles. The Morgan fingerprint density at radius 3 is 2.61 bits per heavy atom. The van der Waals surface area contributed by atoms with Gasteiger partial charge in [-0.2, -0.15) is 11.8 Å². The minimum absolute atomic E-state index is 0.0603. The van der Waals surface area contributed by atoms with E-state index in [2.05, 4.69) is 23.7 Å². The van der Waals surface area contributed by atoms with Crippen LogP contribution in [0.1, 0.15) is 40.2 Å². The predicted octanol–water partition coefficient (Wildman–Crippen LogP) is 4.59. The number of fused-ring (bicyclic) bond motifs is 3. The van der Waals surface area contributed by atoms with Gasteiger partial charge in [0.1, 0.15) is 18.0 Å². The molecule has 2 aliphatic rings. The molecule has 0 aliphatic carbocycles. The number of rotatable bonds is 3. The van der Waals surface area contributed by atoms with Crippen LogP contribution in [0.5, 0.6) is 0 Å². The van der Waals surface area contributed by atoms with Gasteiger partial charge in [-0.25, -0.2) is 4.98 Å². The number of halogens is 1. The van der Waals surface area contributed by atoms with E-state index in [0.29, 0.717) is 21.2 Å². The Kier molecular flexibility index (Phi) is 5.41. The summed E-state index contributed by atoms with van der Waals surface area (Å²) in [5, 5.41) is 1.63. The van der Waals surface area contributed by atoms with Gasteiger partial charge in [-0.3, -0.25) is 9.69 Å². The SMILES string of the molecule is CC1(C)Cc2c(c(N3CCOCC3)[nH+]c3sc(C(=O)c4ccc(Cl)cc4)c(N)c23)CS1. The van der Waals surface area contributed by atoms with E-state index in [9.17, 15) is 4.79 Å². The van der Waals surface area contributed by atoms with Gasteiger partial charge in [0.05, 0.1) is 29.9 Å². The fourth-order valence-corrected chi connectivity index (χ4v) is 6.69. The summed E-state index contributed by atoms with van der Waals surface area (Å²) in [5.74, 6) is 2.02. The maximum atomic E-state index is 13.3. The topological polar surface area (TPSA) is 69.7 Å². The maximum Gasteiger partial charge on any atom is 0.280 e. The first-order chi connectivity index (χ1) is 14.8. The molecular formula is C23H25ClN3O2S2+. The van der Waals surface area contributed by atoms with Gasteiger partial charge in [-0.1, -0.05) is 36.8 Å². The number of aromatic amines is 1. The van der Waals surface area contributed by atoms with Crippen molar-refractivity contribution in [3.05, 3.63) is 50.9 Å². The second kappa shape index (κ2) is 7.96. The number of anilines is 2. The molecule has 162 valence electrons. The smallest absolute Gasteiger partial charge is 0.280 e. The molecule has 0 atom stereocenters. The largest absolute Gasteiger partial charge is 0.397 e. The summed E-state index contributed by atoms with van der Waals surface area (Å²) in [7, 11) is 0. The Morgan fingerprint density at radius 1 is 1.19 bits per heavy atom. The standard InChI is InChI=1S/C23H24ClN3O2S2/c1-23(2)11-15-16(12-30-23)21(27-7-9-29-10-8-27)26-22-17(15)18(25)20(31-22)19(28)13-3-5-14(24)6-4-13/h3-6H,7-12,25H2,1-2H3/p+1. The van der Waals surface area contributed by atoms with Crippen LogP contribution in [0.2, 0.25) is 5.02 Å². The number of morpholine rings is 1. The Hall–Kier alpha value is -1.80. The molecule has 0 amide bonds. The van der Waals surface area contributed by atoms with E-state index in [1.807, 2.05) is 11.8 Å². The van der Waals surface area contributed by atoms with Gasteiger partial charge in [0.2, 0.25) is 5.78 Å². The lowest BCUT2D eigenvalue weighted by atomic mass is 9.94. The highest BCUT2D eigenvalue weighted by Crippen LogP contribution is 2.46. The van der Waals surface area contributed by atoms with Crippen molar-refractivity contribution in [3.8, 4) is 0 Å². The average Bonchev–Trinajstić information content (AvgIpc) is 3.09. The molecule has 0 unspecified atom stereocenters. The van der Waals surface area contributed by atoms with Crippen LogP contribution in [-0.4, -0.2) is 36.8 Å². The van der Waals surface area contributed by atoms with Gasteiger partial charge in [0, 0.05) is 21.1 Å². The van der Waals surface area contributed by atoms with Gasteiger partial charge < -0.3 is 10.5 Å². The Morgan fingerprint density at radius 2 is 1.90 bits per heavy atom. The van der Waals surface area contributed by atoms with Crippen LogP contribution in [0.3, 0.4) is 0 Å². The third-order valence-corrected chi connectivity index (χ3v) is 8.71. The van der Waals surface area contributed by atoms with Crippen LogP contribution in [0.25, 0.3) is 10.2 Å². The maximum absolute atomic E-state index is 13.3. The molecule has 0 spiro atoms.